The number of aryl methyl sites for hydroxylation is 1. The van der Waals surface area contributed by atoms with Gasteiger partial charge in [-0.15, -0.1) is 10.2 Å². The molecule has 0 saturated carbocycles. The van der Waals surface area contributed by atoms with Crippen molar-refractivity contribution in [2.24, 2.45) is 7.05 Å². The number of ether oxygens (including phenoxy) is 1. The Morgan fingerprint density at radius 2 is 2.14 bits per heavy atom. The molecule has 1 aromatic rings. The first-order valence-corrected chi connectivity index (χ1v) is 7.31. The van der Waals surface area contributed by atoms with Gasteiger partial charge in [0.05, 0.1) is 6.54 Å². The third-order valence-corrected chi connectivity index (χ3v) is 3.54. The summed E-state index contributed by atoms with van der Waals surface area (Å²) in [6, 6.07) is 0.133. The van der Waals surface area contributed by atoms with Crippen LogP contribution in [0.4, 0.5) is 4.79 Å². The van der Waals surface area contributed by atoms with Crippen molar-refractivity contribution in [3.63, 3.8) is 0 Å². The zero-order valence-electron chi connectivity index (χ0n) is 13.5. The van der Waals surface area contributed by atoms with E-state index in [2.05, 4.69) is 20.4 Å². The van der Waals surface area contributed by atoms with Gasteiger partial charge in [0.2, 0.25) is 0 Å². The van der Waals surface area contributed by atoms with Gasteiger partial charge in [-0.25, -0.2) is 4.79 Å². The van der Waals surface area contributed by atoms with Crippen LogP contribution in [0.3, 0.4) is 0 Å². The van der Waals surface area contributed by atoms with E-state index in [0.29, 0.717) is 0 Å². The lowest BCUT2D eigenvalue weighted by Gasteiger charge is -2.22. The van der Waals surface area contributed by atoms with Crippen LogP contribution in [-0.2, 0) is 18.3 Å². The maximum atomic E-state index is 11.8. The second-order valence-corrected chi connectivity index (χ2v) is 6.59. The topological polar surface area (TPSA) is 72.3 Å². The monoisotopic (exact) mass is 295 g/mol. The summed E-state index contributed by atoms with van der Waals surface area (Å²) in [7, 11) is 1.97. The van der Waals surface area contributed by atoms with E-state index in [0.717, 1.165) is 37.7 Å². The fraction of sp³-hybridized carbons (Fsp3) is 0.786. The van der Waals surface area contributed by atoms with E-state index in [1.807, 2.05) is 39.3 Å². The van der Waals surface area contributed by atoms with Gasteiger partial charge < -0.3 is 14.6 Å². The normalized spacial score (nSPS) is 19.8. The Hall–Kier alpha value is -1.63. The van der Waals surface area contributed by atoms with Crippen molar-refractivity contribution in [1.29, 1.82) is 0 Å². The summed E-state index contributed by atoms with van der Waals surface area (Å²) in [6.07, 6.45) is 0.583. The van der Waals surface area contributed by atoms with Crippen LogP contribution in [0.25, 0.3) is 0 Å². The molecule has 7 heteroatoms. The Morgan fingerprint density at radius 3 is 2.71 bits per heavy atom. The first kappa shape index (κ1) is 15.8. The van der Waals surface area contributed by atoms with Crippen molar-refractivity contribution in [1.82, 2.24) is 25.0 Å². The molecule has 0 unspecified atom stereocenters. The number of likely N-dealkylation sites (tertiary alicyclic amines) is 1. The molecule has 2 rings (SSSR count). The van der Waals surface area contributed by atoms with Crippen LogP contribution in [0.5, 0.6) is 0 Å². The highest BCUT2D eigenvalue weighted by molar-refractivity contribution is 5.68. The Balaban J connectivity index is 1.81. The first-order valence-electron chi connectivity index (χ1n) is 7.31. The molecule has 0 bridgehead atoms. The van der Waals surface area contributed by atoms with Crippen molar-refractivity contribution in [2.75, 3.05) is 13.1 Å². The SMILES string of the molecule is Cc1nnc(CN2CC[C@H](NC(=O)OC(C)(C)C)C2)n1C. The van der Waals surface area contributed by atoms with Gasteiger partial charge in [-0.1, -0.05) is 0 Å². The quantitative estimate of drug-likeness (QED) is 0.908. The van der Waals surface area contributed by atoms with Crippen LogP contribution in [0.1, 0.15) is 38.8 Å². The highest BCUT2D eigenvalue weighted by atomic mass is 16.6. The fourth-order valence-corrected chi connectivity index (χ4v) is 2.36. The number of rotatable bonds is 3. The number of amides is 1. The number of aromatic nitrogens is 3. The van der Waals surface area contributed by atoms with Gasteiger partial charge >= 0.3 is 6.09 Å². The Kier molecular flexibility index (Phi) is 4.51. The molecule has 0 aliphatic carbocycles. The lowest BCUT2D eigenvalue weighted by Crippen LogP contribution is -2.40. The Labute approximate surface area is 125 Å². The van der Waals surface area contributed by atoms with Crippen molar-refractivity contribution in [3.8, 4) is 0 Å². The van der Waals surface area contributed by atoms with Crippen LogP contribution in [0, 0.1) is 6.92 Å². The lowest BCUT2D eigenvalue weighted by molar-refractivity contribution is 0.0505. The van der Waals surface area contributed by atoms with Gasteiger partial charge in [-0.3, -0.25) is 4.90 Å². The van der Waals surface area contributed by atoms with Gasteiger partial charge in [0.1, 0.15) is 17.2 Å². The number of alkyl carbamates (subject to hydrolysis) is 1. The first-order chi connectivity index (χ1) is 9.74. The van der Waals surface area contributed by atoms with Gasteiger partial charge in [-0.05, 0) is 34.1 Å². The van der Waals surface area contributed by atoms with E-state index in [-0.39, 0.29) is 12.1 Å². The molecule has 1 aromatic heterocycles. The molecular weight excluding hydrogens is 270 g/mol. The smallest absolute Gasteiger partial charge is 0.407 e. The Morgan fingerprint density at radius 1 is 1.43 bits per heavy atom. The third kappa shape index (κ3) is 4.42. The maximum absolute atomic E-state index is 11.8. The minimum absolute atomic E-state index is 0.133. The maximum Gasteiger partial charge on any atom is 0.407 e. The summed E-state index contributed by atoms with van der Waals surface area (Å²) in [6.45, 7) is 10.0. The summed E-state index contributed by atoms with van der Waals surface area (Å²) in [5, 5.41) is 11.2. The van der Waals surface area contributed by atoms with E-state index in [4.69, 9.17) is 4.74 Å². The van der Waals surface area contributed by atoms with Gasteiger partial charge in [0.15, 0.2) is 0 Å². The zero-order valence-corrected chi connectivity index (χ0v) is 13.5. The number of carbonyl (C=O) groups is 1. The number of hydrogen-bond donors (Lipinski definition) is 1. The molecule has 1 amide bonds. The molecule has 0 radical (unpaired) electrons. The zero-order chi connectivity index (χ0) is 15.6. The van der Waals surface area contributed by atoms with Crippen molar-refractivity contribution < 1.29 is 9.53 Å². The highest BCUT2D eigenvalue weighted by Gasteiger charge is 2.26. The molecule has 0 spiro atoms. The van der Waals surface area contributed by atoms with Gasteiger partial charge in [0.25, 0.3) is 0 Å². The fourth-order valence-electron chi connectivity index (χ4n) is 2.36. The van der Waals surface area contributed by atoms with E-state index >= 15 is 0 Å². The second kappa shape index (κ2) is 6.01. The van der Waals surface area contributed by atoms with E-state index < -0.39 is 5.60 Å². The summed E-state index contributed by atoms with van der Waals surface area (Å²) in [4.78, 5) is 14.0. The van der Waals surface area contributed by atoms with Crippen molar-refractivity contribution in [3.05, 3.63) is 11.6 Å². The van der Waals surface area contributed by atoms with Gasteiger partial charge in [0, 0.05) is 26.2 Å². The predicted octanol–water partition coefficient (Wildman–Crippen LogP) is 1.22. The van der Waals surface area contributed by atoms with Crippen LogP contribution in [0.2, 0.25) is 0 Å². The van der Waals surface area contributed by atoms with Crippen LogP contribution in [0.15, 0.2) is 0 Å². The highest BCUT2D eigenvalue weighted by Crippen LogP contribution is 2.14. The van der Waals surface area contributed by atoms with Gasteiger partial charge in [-0.2, -0.15) is 0 Å². The number of carbonyl (C=O) groups excluding carboxylic acids is 1. The van der Waals surface area contributed by atoms with Crippen LogP contribution in [-0.4, -0.2) is 50.5 Å². The predicted molar refractivity (Wildman–Crippen MR) is 78.8 cm³/mol. The number of nitrogens with zero attached hydrogens (tertiary/aromatic N) is 4. The summed E-state index contributed by atoms with van der Waals surface area (Å²) >= 11 is 0. The Bertz CT molecular complexity index is 506. The third-order valence-electron chi connectivity index (χ3n) is 3.54. The molecule has 1 saturated heterocycles. The molecule has 21 heavy (non-hydrogen) atoms. The van der Waals surface area contributed by atoms with E-state index in [1.165, 1.54) is 0 Å². The second-order valence-electron chi connectivity index (χ2n) is 6.59. The molecule has 1 atom stereocenters. The van der Waals surface area contributed by atoms with E-state index in [1.54, 1.807) is 0 Å². The van der Waals surface area contributed by atoms with Crippen molar-refractivity contribution in [2.45, 2.75) is 52.3 Å². The minimum atomic E-state index is -0.460. The molecule has 7 nitrogen and oxygen atoms in total. The number of hydrogen-bond acceptors (Lipinski definition) is 5. The molecule has 0 aromatic carbocycles. The molecule has 1 N–H and O–H groups in total. The standard InChI is InChI=1S/C14H25N5O2/c1-10-16-17-12(18(10)5)9-19-7-6-11(8-19)15-13(20)21-14(2,3)4/h11H,6-9H2,1-5H3,(H,15,20)/t11-/m0/s1. The van der Waals surface area contributed by atoms with Crippen molar-refractivity contribution >= 4 is 6.09 Å². The summed E-state index contributed by atoms with van der Waals surface area (Å²) in [5.41, 5.74) is -0.460. The lowest BCUT2D eigenvalue weighted by atomic mass is 10.2. The minimum Gasteiger partial charge on any atom is -0.444 e. The summed E-state index contributed by atoms with van der Waals surface area (Å²) in [5.74, 6) is 1.86. The molecule has 1 aliphatic rings. The molecule has 118 valence electrons. The number of nitrogens with one attached hydrogen (secondary N) is 1. The average Bonchev–Trinajstić information content (AvgIpc) is 2.89. The van der Waals surface area contributed by atoms with Crippen LogP contribution < -0.4 is 5.32 Å². The largest absolute Gasteiger partial charge is 0.444 e. The summed E-state index contributed by atoms with van der Waals surface area (Å²) < 4.78 is 7.28. The molecular formula is C14H25N5O2. The average molecular weight is 295 g/mol. The molecule has 2 heterocycles. The molecule has 1 aliphatic heterocycles. The molecule has 1 fully saturated rings. The van der Waals surface area contributed by atoms with Crippen LogP contribution >= 0.6 is 0 Å². The van der Waals surface area contributed by atoms with E-state index in [9.17, 15) is 4.79 Å².